The average molecular weight is 300 g/mol. The molecular weight excluding hydrogens is 280 g/mol. The highest BCUT2D eigenvalue weighted by Crippen LogP contribution is 2.17. The van der Waals surface area contributed by atoms with E-state index >= 15 is 0 Å². The molecule has 3 amide bonds. The first kappa shape index (κ1) is 16.9. The third-order valence-corrected chi connectivity index (χ3v) is 3.25. The van der Waals surface area contributed by atoms with Crippen LogP contribution in [-0.4, -0.2) is 60.3 Å². The van der Waals surface area contributed by atoms with E-state index in [9.17, 15) is 24.3 Å². The summed E-state index contributed by atoms with van der Waals surface area (Å²) in [7, 11) is 0. The van der Waals surface area contributed by atoms with Crippen LogP contribution >= 0.6 is 0 Å². The van der Waals surface area contributed by atoms with Gasteiger partial charge in [0.25, 0.3) is 5.91 Å². The van der Waals surface area contributed by atoms with Crippen molar-refractivity contribution in [1.29, 1.82) is 0 Å². The Morgan fingerprint density at radius 3 is 2.62 bits per heavy atom. The SMILES string of the molecule is C[C@H](NC(=O)[C@@H]1CCCN1C(=O)CNC(=O)C[NH3+])C(=O)[O-]. The van der Waals surface area contributed by atoms with Gasteiger partial charge in [0.1, 0.15) is 6.04 Å². The van der Waals surface area contributed by atoms with Crippen LogP contribution in [0.5, 0.6) is 0 Å². The molecule has 1 saturated heterocycles. The summed E-state index contributed by atoms with van der Waals surface area (Å²) < 4.78 is 0. The van der Waals surface area contributed by atoms with E-state index in [1.165, 1.54) is 11.8 Å². The van der Waals surface area contributed by atoms with Crippen LogP contribution in [0.15, 0.2) is 0 Å². The quantitative estimate of drug-likeness (QED) is 0.453. The Labute approximate surface area is 121 Å². The number of rotatable bonds is 6. The lowest BCUT2D eigenvalue weighted by Gasteiger charge is -2.25. The van der Waals surface area contributed by atoms with E-state index in [4.69, 9.17) is 0 Å². The van der Waals surface area contributed by atoms with Gasteiger partial charge in [-0.3, -0.25) is 14.4 Å². The van der Waals surface area contributed by atoms with Gasteiger partial charge in [-0.25, -0.2) is 0 Å². The Morgan fingerprint density at radius 2 is 2.05 bits per heavy atom. The molecule has 0 aromatic carbocycles. The van der Waals surface area contributed by atoms with Crippen molar-refractivity contribution in [2.45, 2.75) is 31.8 Å². The zero-order chi connectivity index (χ0) is 16.0. The molecule has 2 atom stereocenters. The summed E-state index contributed by atoms with van der Waals surface area (Å²) in [6, 6.07) is -1.84. The molecule has 9 heteroatoms. The van der Waals surface area contributed by atoms with Gasteiger partial charge < -0.3 is 31.2 Å². The van der Waals surface area contributed by atoms with Crippen LogP contribution in [0.1, 0.15) is 19.8 Å². The van der Waals surface area contributed by atoms with Gasteiger partial charge in [-0.05, 0) is 19.8 Å². The minimum Gasteiger partial charge on any atom is -0.548 e. The molecule has 5 N–H and O–H groups in total. The first-order valence-corrected chi connectivity index (χ1v) is 6.73. The number of quaternary nitrogens is 1. The molecule has 0 unspecified atom stereocenters. The molecule has 0 radical (unpaired) electrons. The summed E-state index contributed by atoms with van der Waals surface area (Å²) in [5.74, 6) is -2.65. The van der Waals surface area contributed by atoms with E-state index in [-0.39, 0.29) is 24.9 Å². The monoisotopic (exact) mass is 300 g/mol. The van der Waals surface area contributed by atoms with Crippen LogP contribution in [-0.2, 0) is 19.2 Å². The van der Waals surface area contributed by atoms with E-state index < -0.39 is 24.0 Å². The summed E-state index contributed by atoms with van der Waals surface area (Å²) in [6.07, 6.45) is 1.10. The van der Waals surface area contributed by atoms with E-state index in [0.717, 1.165) is 0 Å². The second kappa shape index (κ2) is 7.58. The highest BCUT2D eigenvalue weighted by Gasteiger charge is 2.34. The van der Waals surface area contributed by atoms with Crippen molar-refractivity contribution < 1.29 is 30.0 Å². The number of carbonyl (C=O) groups is 4. The maximum atomic E-state index is 12.0. The first-order chi connectivity index (χ1) is 9.86. The van der Waals surface area contributed by atoms with Crippen LogP contribution < -0.4 is 21.5 Å². The van der Waals surface area contributed by atoms with Crippen molar-refractivity contribution in [3.8, 4) is 0 Å². The smallest absolute Gasteiger partial charge is 0.275 e. The third kappa shape index (κ3) is 4.71. The van der Waals surface area contributed by atoms with E-state index in [0.29, 0.717) is 19.4 Å². The lowest BCUT2D eigenvalue weighted by molar-refractivity contribution is -0.355. The van der Waals surface area contributed by atoms with Gasteiger partial charge in [0.2, 0.25) is 11.8 Å². The van der Waals surface area contributed by atoms with Gasteiger partial charge in [0.15, 0.2) is 6.54 Å². The number of amides is 3. The Hall–Kier alpha value is -2.16. The van der Waals surface area contributed by atoms with Crippen LogP contribution in [0, 0.1) is 0 Å². The van der Waals surface area contributed by atoms with E-state index in [2.05, 4.69) is 16.4 Å². The van der Waals surface area contributed by atoms with Gasteiger partial charge in [-0.1, -0.05) is 0 Å². The number of nitrogens with zero attached hydrogens (tertiary/aromatic N) is 1. The Bertz CT molecular complexity index is 439. The lowest BCUT2D eigenvalue weighted by Crippen LogP contribution is -2.58. The van der Waals surface area contributed by atoms with Crippen molar-refractivity contribution >= 4 is 23.7 Å². The summed E-state index contributed by atoms with van der Waals surface area (Å²) in [5, 5.41) is 15.3. The van der Waals surface area contributed by atoms with Crippen molar-refractivity contribution in [2.24, 2.45) is 0 Å². The molecule has 118 valence electrons. The van der Waals surface area contributed by atoms with Gasteiger partial charge in [-0.15, -0.1) is 0 Å². The normalized spacial score (nSPS) is 19.0. The molecule has 21 heavy (non-hydrogen) atoms. The fraction of sp³-hybridized carbons (Fsp3) is 0.667. The number of likely N-dealkylation sites (tertiary alicyclic amines) is 1. The number of carboxylic acids is 1. The van der Waals surface area contributed by atoms with Gasteiger partial charge >= 0.3 is 0 Å². The van der Waals surface area contributed by atoms with Crippen LogP contribution in [0.3, 0.4) is 0 Å². The zero-order valence-corrected chi connectivity index (χ0v) is 11.9. The molecule has 9 nitrogen and oxygen atoms in total. The van der Waals surface area contributed by atoms with Gasteiger partial charge in [0, 0.05) is 6.54 Å². The summed E-state index contributed by atoms with van der Waals surface area (Å²) in [5.41, 5.74) is 3.39. The summed E-state index contributed by atoms with van der Waals surface area (Å²) in [4.78, 5) is 47.0. The maximum absolute atomic E-state index is 12.0. The van der Waals surface area contributed by atoms with Crippen LogP contribution in [0.25, 0.3) is 0 Å². The molecule has 1 heterocycles. The Kier molecular flexibility index (Phi) is 6.10. The minimum atomic E-state index is -1.39. The molecule has 1 aliphatic heterocycles. The Morgan fingerprint density at radius 1 is 1.38 bits per heavy atom. The molecule has 0 spiro atoms. The van der Waals surface area contributed by atoms with E-state index in [1.54, 1.807) is 0 Å². The summed E-state index contributed by atoms with van der Waals surface area (Å²) in [6.45, 7) is 1.52. The molecule has 0 aromatic rings. The zero-order valence-electron chi connectivity index (χ0n) is 11.9. The van der Waals surface area contributed by atoms with Crippen molar-refractivity contribution in [3.63, 3.8) is 0 Å². The largest absolute Gasteiger partial charge is 0.548 e. The molecule has 0 saturated carbocycles. The molecular formula is C12H20N4O5. The second-order valence-corrected chi connectivity index (χ2v) is 4.82. The van der Waals surface area contributed by atoms with Gasteiger partial charge in [-0.2, -0.15) is 0 Å². The fourth-order valence-electron chi connectivity index (χ4n) is 2.07. The predicted octanol–water partition coefficient (Wildman–Crippen LogP) is -4.41. The molecule has 0 bridgehead atoms. The molecule has 1 fully saturated rings. The van der Waals surface area contributed by atoms with Crippen molar-refractivity contribution in [2.75, 3.05) is 19.6 Å². The highest BCUT2D eigenvalue weighted by molar-refractivity contribution is 5.92. The maximum Gasteiger partial charge on any atom is 0.275 e. The highest BCUT2D eigenvalue weighted by atomic mass is 16.4. The first-order valence-electron chi connectivity index (χ1n) is 6.73. The summed E-state index contributed by atoms with van der Waals surface area (Å²) >= 11 is 0. The number of hydrogen-bond donors (Lipinski definition) is 3. The number of hydrogen-bond acceptors (Lipinski definition) is 5. The number of nitrogens with one attached hydrogen (secondary N) is 2. The van der Waals surface area contributed by atoms with Gasteiger partial charge in [0.05, 0.1) is 18.6 Å². The second-order valence-electron chi connectivity index (χ2n) is 4.82. The van der Waals surface area contributed by atoms with Crippen molar-refractivity contribution in [3.05, 3.63) is 0 Å². The number of aliphatic carboxylic acids is 1. The van der Waals surface area contributed by atoms with Crippen LogP contribution in [0.4, 0.5) is 0 Å². The van der Waals surface area contributed by atoms with Crippen LogP contribution in [0.2, 0.25) is 0 Å². The predicted molar refractivity (Wildman–Crippen MR) is 68.1 cm³/mol. The fourth-order valence-corrected chi connectivity index (χ4v) is 2.07. The average Bonchev–Trinajstić information content (AvgIpc) is 2.93. The lowest BCUT2D eigenvalue weighted by atomic mass is 10.2. The number of carboxylic acid groups (broad SMARTS) is 1. The van der Waals surface area contributed by atoms with E-state index in [1.807, 2.05) is 0 Å². The Balaban J connectivity index is 2.58. The minimum absolute atomic E-state index is 0.0281. The molecule has 1 aliphatic rings. The third-order valence-electron chi connectivity index (χ3n) is 3.25. The molecule has 0 aliphatic carbocycles. The standard InChI is InChI=1S/C12H20N4O5/c1-7(12(20)21)15-11(19)8-3-2-4-16(8)10(18)6-14-9(17)5-13/h7-8H,2-6,13H2,1H3,(H,14,17)(H,15,19)(H,20,21)/t7-,8-/m0/s1. The topological polar surface area (TPSA) is 146 Å². The number of carbonyl (C=O) groups excluding carboxylic acids is 4. The molecule has 1 rings (SSSR count). The van der Waals surface area contributed by atoms with Crippen molar-refractivity contribution in [1.82, 2.24) is 15.5 Å². The molecule has 0 aromatic heterocycles.